The Labute approximate surface area is 162 Å². The maximum Gasteiger partial charge on any atom is 0.460 e. The van der Waals surface area contributed by atoms with Gasteiger partial charge in [-0.1, -0.05) is 6.07 Å². The molecule has 0 atom stereocenters. The summed E-state index contributed by atoms with van der Waals surface area (Å²) in [6.07, 6.45) is -7.33. The largest absolute Gasteiger partial charge is 0.460 e. The molecule has 0 unspecified atom stereocenters. The average Bonchev–Trinajstić information content (AvgIpc) is 3.05. The summed E-state index contributed by atoms with van der Waals surface area (Å²) in [5.41, 5.74) is 0. The Morgan fingerprint density at radius 2 is 1.23 bits per heavy atom. The number of alkyl halides is 13. The van der Waals surface area contributed by atoms with E-state index in [2.05, 4.69) is 0 Å². The summed E-state index contributed by atoms with van der Waals surface area (Å²) >= 11 is 0.636. The van der Waals surface area contributed by atoms with Crippen molar-refractivity contribution < 1.29 is 65.5 Å². The first kappa shape index (κ1) is 26.5. The van der Waals surface area contributed by atoms with Gasteiger partial charge in [0.05, 0.1) is 0 Å². The van der Waals surface area contributed by atoms with Crippen molar-refractivity contribution in [3.8, 4) is 0 Å². The van der Waals surface area contributed by atoms with Crippen molar-refractivity contribution in [1.29, 1.82) is 0 Å². The van der Waals surface area contributed by atoms with Crippen LogP contribution in [0.2, 0.25) is 0 Å². The first-order chi connectivity index (χ1) is 13.0. The minimum absolute atomic E-state index is 0.166. The van der Waals surface area contributed by atoms with Crippen LogP contribution in [0.25, 0.3) is 6.08 Å². The lowest BCUT2D eigenvalue weighted by Gasteiger charge is -2.39. The molecule has 0 radical (unpaired) electrons. The smallest absolute Gasteiger partial charge is 0.217 e. The molecular weight excluding hydrogens is 499 g/mol. The van der Waals surface area contributed by atoms with E-state index in [0.717, 1.165) is 6.07 Å². The Morgan fingerprint density at radius 3 is 1.60 bits per heavy atom. The number of sulfone groups is 1. The lowest BCUT2D eigenvalue weighted by molar-refractivity contribution is -0.433. The van der Waals surface area contributed by atoms with Gasteiger partial charge in [-0.05, 0) is 24.4 Å². The van der Waals surface area contributed by atoms with Crippen LogP contribution >= 0.6 is 11.3 Å². The maximum absolute atomic E-state index is 13.9. The molecule has 0 saturated heterocycles. The van der Waals surface area contributed by atoms with Crippen molar-refractivity contribution >= 4 is 27.3 Å². The van der Waals surface area contributed by atoms with E-state index < -0.39 is 49.9 Å². The van der Waals surface area contributed by atoms with Crippen LogP contribution in [0.3, 0.4) is 0 Å². The first-order valence-corrected chi connectivity index (χ1v) is 9.28. The molecule has 1 aromatic heterocycles. The highest BCUT2D eigenvalue weighted by atomic mass is 32.2. The molecule has 1 rings (SSSR count). The van der Waals surface area contributed by atoms with Gasteiger partial charge in [-0.3, -0.25) is 0 Å². The highest BCUT2D eigenvalue weighted by Gasteiger charge is 2.92. The third-order valence-electron chi connectivity index (χ3n) is 3.55. The van der Waals surface area contributed by atoms with Crippen LogP contribution in [-0.2, 0) is 9.84 Å². The second kappa shape index (κ2) is 7.27. The summed E-state index contributed by atoms with van der Waals surface area (Å²) in [6.45, 7) is 0.166. The van der Waals surface area contributed by atoms with Gasteiger partial charge in [-0.2, -0.15) is 57.1 Å². The minimum atomic E-state index is -8.17. The summed E-state index contributed by atoms with van der Waals surface area (Å²) < 4.78 is 193. The fourth-order valence-corrected chi connectivity index (χ4v) is 3.72. The summed E-state index contributed by atoms with van der Waals surface area (Å²) in [5, 5.41) is -5.99. The summed E-state index contributed by atoms with van der Waals surface area (Å²) in [6, 6.07) is 2.24. The van der Waals surface area contributed by atoms with E-state index in [0.29, 0.717) is 11.3 Å². The highest BCUT2D eigenvalue weighted by Crippen LogP contribution is 2.61. The second-order valence-electron chi connectivity index (χ2n) is 5.59. The van der Waals surface area contributed by atoms with Crippen LogP contribution in [0.1, 0.15) is 11.8 Å². The van der Waals surface area contributed by atoms with E-state index in [-0.39, 0.29) is 17.9 Å². The summed E-state index contributed by atoms with van der Waals surface area (Å²) in [5.74, 6) is -32.2. The van der Waals surface area contributed by atoms with Gasteiger partial charge in [-0.25, -0.2) is 8.42 Å². The number of allylic oxidation sites excluding steroid dienone is 1. The normalized spacial score (nSPS) is 16.1. The quantitative estimate of drug-likeness (QED) is 0.412. The number of thiophene rings is 1. The molecule has 1 aromatic rings. The van der Waals surface area contributed by atoms with Crippen molar-refractivity contribution in [2.24, 2.45) is 0 Å². The van der Waals surface area contributed by atoms with E-state index in [9.17, 15) is 65.5 Å². The summed E-state index contributed by atoms with van der Waals surface area (Å²) in [4.78, 5) is -1.99. The Kier molecular flexibility index (Phi) is 6.43. The van der Waals surface area contributed by atoms with Gasteiger partial charge in [-0.15, -0.1) is 11.3 Å². The van der Waals surface area contributed by atoms with E-state index in [1.54, 1.807) is 0 Å². The lowest BCUT2D eigenvalue weighted by Crippen LogP contribution is -2.71. The molecule has 174 valence electrons. The monoisotopic (exact) mass is 506 g/mol. The lowest BCUT2D eigenvalue weighted by atomic mass is 9.98. The molecule has 0 aliphatic carbocycles. The Morgan fingerprint density at radius 1 is 0.800 bits per heavy atom. The van der Waals surface area contributed by atoms with Crippen LogP contribution in [0.4, 0.5) is 57.1 Å². The molecule has 0 aliphatic heterocycles. The van der Waals surface area contributed by atoms with Crippen LogP contribution < -0.4 is 0 Å². The highest BCUT2D eigenvalue weighted by molar-refractivity contribution is 7.96. The molecule has 0 aromatic carbocycles. The fourth-order valence-electron chi connectivity index (χ4n) is 1.78. The predicted molar refractivity (Wildman–Crippen MR) is 77.7 cm³/mol. The van der Waals surface area contributed by atoms with E-state index in [1.807, 2.05) is 0 Å². The van der Waals surface area contributed by atoms with Crippen molar-refractivity contribution in [2.75, 3.05) is 0 Å². The van der Waals surface area contributed by atoms with Crippen molar-refractivity contribution in [3.63, 3.8) is 0 Å². The molecule has 0 fully saturated rings. The number of hydrogen-bond donors (Lipinski definition) is 0. The van der Waals surface area contributed by atoms with Gasteiger partial charge in [0.25, 0.3) is 0 Å². The molecule has 1 heterocycles. The Hall–Kier alpha value is -1.52. The molecule has 0 saturated carbocycles. The Bertz CT molecular complexity index is 896. The van der Waals surface area contributed by atoms with Crippen LogP contribution in [-0.4, -0.2) is 43.5 Å². The molecule has 0 aliphatic rings. The molecule has 30 heavy (non-hydrogen) atoms. The molecule has 0 N–H and O–H groups in total. The van der Waals surface area contributed by atoms with Crippen molar-refractivity contribution in [3.05, 3.63) is 27.3 Å². The molecule has 0 bridgehead atoms. The zero-order valence-corrected chi connectivity index (χ0v) is 15.5. The van der Waals surface area contributed by atoms with Gasteiger partial charge in [0.15, 0.2) is 0 Å². The third kappa shape index (κ3) is 3.56. The van der Waals surface area contributed by atoms with Crippen LogP contribution in [0.15, 0.2) is 22.4 Å². The van der Waals surface area contributed by atoms with E-state index in [4.69, 9.17) is 0 Å². The maximum atomic E-state index is 13.9. The second-order valence-corrected chi connectivity index (χ2v) is 8.73. The standard InChI is InChI=1S/C13H7F13O2S2/c1-6(5-7-3-2-4-29-7)30(27,28)13(25,26)11(20,21)9(16,17)8(14,15)10(18,19)12(22,23)24/h2-5H,1H3/b6-5+. The van der Waals surface area contributed by atoms with E-state index in [1.165, 1.54) is 11.4 Å². The van der Waals surface area contributed by atoms with Gasteiger partial charge < -0.3 is 0 Å². The van der Waals surface area contributed by atoms with Gasteiger partial charge >= 0.3 is 35.1 Å². The molecule has 17 heteroatoms. The Balaban J connectivity index is 3.63. The van der Waals surface area contributed by atoms with Crippen LogP contribution in [0.5, 0.6) is 0 Å². The fraction of sp³-hybridized carbons (Fsp3) is 0.538. The average molecular weight is 506 g/mol. The topological polar surface area (TPSA) is 34.1 Å². The number of hydrogen-bond acceptors (Lipinski definition) is 3. The van der Waals surface area contributed by atoms with Gasteiger partial charge in [0, 0.05) is 9.78 Å². The summed E-state index contributed by atoms with van der Waals surface area (Å²) in [7, 11) is -6.95. The zero-order chi connectivity index (χ0) is 24.2. The van der Waals surface area contributed by atoms with Crippen molar-refractivity contribution in [1.82, 2.24) is 0 Å². The van der Waals surface area contributed by atoms with Gasteiger partial charge in [0.2, 0.25) is 9.84 Å². The SMILES string of the molecule is C/C(=C\c1cccs1)S(=O)(=O)C(F)(F)C(F)(F)C(F)(F)C(F)(F)C(F)(F)C(F)(F)F. The minimum Gasteiger partial charge on any atom is -0.217 e. The number of halogens is 13. The first-order valence-electron chi connectivity index (χ1n) is 6.92. The van der Waals surface area contributed by atoms with Crippen LogP contribution in [0, 0.1) is 0 Å². The van der Waals surface area contributed by atoms with Crippen molar-refractivity contribution in [2.45, 2.75) is 42.0 Å². The number of rotatable bonds is 7. The molecule has 2 nitrogen and oxygen atoms in total. The predicted octanol–water partition coefficient (Wildman–Crippen LogP) is 6.22. The molecule has 0 spiro atoms. The van der Waals surface area contributed by atoms with E-state index >= 15 is 0 Å². The van der Waals surface area contributed by atoms with Gasteiger partial charge in [0.1, 0.15) is 0 Å². The molecular formula is C13H7F13O2S2. The molecule has 0 amide bonds. The zero-order valence-electron chi connectivity index (χ0n) is 13.9. The third-order valence-corrected chi connectivity index (χ3v) is 6.27.